The van der Waals surface area contributed by atoms with Crippen molar-refractivity contribution < 1.29 is 9.53 Å². The summed E-state index contributed by atoms with van der Waals surface area (Å²) in [4.78, 5) is 17.0. The Hall–Kier alpha value is -2.62. The van der Waals surface area contributed by atoms with Gasteiger partial charge in [0.2, 0.25) is 5.91 Å². The second-order valence-corrected chi connectivity index (χ2v) is 9.81. The fraction of sp³-hybridized carbons (Fsp3) is 0.348. The van der Waals surface area contributed by atoms with Crippen molar-refractivity contribution in [3.63, 3.8) is 0 Å². The number of hydrogen-bond acceptors (Lipinski definition) is 6. The Balaban J connectivity index is 1.36. The summed E-state index contributed by atoms with van der Waals surface area (Å²) >= 11 is 3.06. The van der Waals surface area contributed by atoms with E-state index in [1.807, 2.05) is 48.8 Å². The van der Waals surface area contributed by atoms with Crippen molar-refractivity contribution in [2.24, 2.45) is 0 Å². The highest BCUT2D eigenvalue weighted by Gasteiger charge is 2.23. The molecule has 1 fully saturated rings. The van der Waals surface area contributed by atoms with E-state index in [-0.39, 0.29) is 23.8 Å². The number of hydrogen-bond donors (Lipinski definition) is 2. The van der Waals surface area contributed by atoms with E-state index >= 15 is 0 Å². The average molecular weight is 468 g/mol. The third kappa shape index (κ3) is 4.46. The standard InChI is InChI=1S/C23H25N5O2S2/c1-15(20-9-5-11-31-20)25-21(29)14-32-23-27-26-22(28(23)13-16-6-4-10-30-16)18-12-24-19-8-3-2-7-17(18)19/h2-3,5,7-9,11-12,15-16,24H,4,6,10,13-14H2,1H3,(H,25,29). The molecule has 4 heterocycles. The number of thiophene rings is 1. The molecular weight excluding hydrogens is 442 g/mol. The summed E-state index contributed by atoms with van der Waals surface area (Å²) in [5.74, 6) is 1.07. The number of aromatic amines is 1. The minimum atomic E-state index is -0.0174. The van der Waals surface area contributed by atoms with Crippen molar-refractivity contribution in [2.75, 3.05) is 12.4 Å². The molecule has 166 valence electrons. The third-order valence-corrected chi connectivity index (χ3v) is 7.66. The molecule has 5 rings (SSSR count). The molecule has 9 heteroatoms. The van der Waals surface area contributed by atoms with Crippen molar-refractivity contribution in [2.45, 2.75) is 43.6 Å². The number of aromatic nitrogens is 4. The summed E-state index contributed by atoms with van der Waals surface area (Å²) in [6, 6.07) is 12.2. The number of thioether (sulfide) groups is 1. The predicted octanol–water partition coefficient (Wildman–Crippen LogP) is 4.64. The van der Waals surface area contributed by atoms with Crippen LogP contribution in [-0.4, -0.2) is 44.1 Å². The minimum absolute atomic E-state index is 0.00496. The highest BCUT2D eigenvalue weighted by atomic mass is 32.2. The lowest BCUT2D eigenvalue weighted by molar-refractivity contribution is -0.119. The molecule has 3 aromatic heterocycles. The lowest BCUT2D eigenvalue weighted by Gasteiger charge is -2.15. The maximum absolute atomic E-state index is 12.6. The summed E-state index contributed by atoms with van der Waals surface area (Å²) in [7, 11) is 0. The first-order valence-corrected chi connectivity index (χ1v) is 12.6. The van der Waals surface area contributed by atoms with Crippen LogP contribution in [0.25, 0.3) is 22.3 Å². The Morgan fingerprint density at radius 3 is 3.06 bits per heavy atom. The zero-order valence-electron chi connectivity index (χ0n) is 17.8. The quantitative estimate of drug-likeness (QED) is 0.369. The number of fused-ring (bicyclic) bond motifs is 1. The van der Waals surface area contributed by atoms with Crippen molar-refractivity contribution in [1.29, 1.82) is 0 Å². The van der Waals surface area contributed by atoms with Crippen LogP contribution in [0.5, 0.6) is 0 Å². The molecule has 1 saturated heterocycles. The molecule has 0 radical (unpaired) electrons. The van der Waals surface area contributed by atoms with Crippen molar-refractivity contribution >= 4 is 39.9 Å². The van der Waals surface area contributed by atoms with Gasteiger partial charge in [-0.2, -0.15) is 0 Å². The van der Waals surface area contributed by atoms with Crippen LogP contribution in [0.1, 0.15) is 30.7 Å². The van der Waals surface area contributed by atoms with E-state index < -0.39 is 0 Å². The third-order valence-electron chi connectivity index (χ3n) is 5.64. The lowest BCUT2D eigenvalue weighted by atomic mass is 10.1. The molecule has 2 unspecified atom stereocenters. The van der Waals surface area contributed by atoms with E-state index in [2.05, 4.69) is 31.1 Å². The normalized spacial score (nSPS) is 17.1. The topological polar surface area (TPSA) is 84.8 Å². The summed E-state index contributed by atoms with van der Waals surface area (Å²) < 4.78 is 7.99. The van der Waals surface area contributed by atoms with Crippen LogP contribution in [0, 0.1) is 0 Å². The van der Waals surface area contributed by atoms with Crippen LogP contribution in [-0.2, 0) is 16.1 Å². The Morgan fingerprint density at radius 2 is 2.25 bits per heavy atom. The number of H-pyrrole nitrogens is 1. The summed E-state index contributed by atoms with van der Waals surface area (Å²) in [5.41, 5.74) is 2.07. The Kier molecular flexibility index (Phi) is 6.29. The molecular formula is C23H25N5O2S2. The molecule has 32 heavy (non-hydrogen) atoms. The van der Waals surface area contributed by atoms with E-state index in [1.165, 1.54) is 11.8 Å². The van der Waals surface area contributed by atoms with Gasteiger partial charge in [0.25, 0.3) is 0 Å². The number of ether oxygens (including phenoxy) is 1. The first-order chi connectivity index (χ1) is 15.7. The molecule has 7 nitrogen and oxygen atoms in total. The van der Waals surface area contributed by atoms with E-state index in [0.717, 1.165) is 51.8 Å². The Morgan fingerprint density at radius 1 is 1.34 bits per heavy atom. The van der Waals surface area contributed by atoms with Gasteiger partial charge in [-0.05, 0) is 37.3 Å². The second-order valence-electron chi connectivity index (χ2n) is 7.89. The number of rotatable bonds is 8. The smallest absolute Gasteiger partial charge is 0.230 e. The monoisotopic (exact) mass is 467 g/mol. The van der Waals surface area contributed by atoms with E-state index in [4.69, 9.17) is 4.74 Å². The number of nitrogens with zero attached hydrogens (tertiary/aromatic N) is 3. The van der Waals surface area contributed by atoms with Crippen molar-refractivity contribution in [3.05, 3.63) is 52.9 Å². The molecule has 4 aromatic rings. The molecule has 0 spiro atoms. The highest BCUT2D eigenvalue weighted by molar-refractivity contribution is 7.99. The van der Waals surface area contributed by atoms with Crippen LogP contribution >= 0.6 is 23.1 Å². The van der Waals surface area contributed by atoms with Gasteiger partial charge in [0.1, 0.15) is 0 Å². The van der Waals surface area contributed by atoms with Gasteiger partial charge in [0, 0.05) is 34.1 Å². The molecule has 2 N–H and O–H groups in total. The van der Waals surface area contributed by atoms with Gasteiger partial charge in [0.15, 0.2) is 11.0 Å². The first-order valence-electron chi connectivity index (χ1n) is 10.8. The largest absolute Gasteiger partial charge is 0.376 e. The van der Waals surface area contributed by atoms with Crippen LogP contribution in [0.15, 0.2) is 53.1 Å². The van der Waals surface area contributed by atoms with Crippen LogP contribution in [0.3, 0.4) is 0 Å². The Labute approximate surface area is 194 Å². The summed E-state index contributed by atoms with van der Waals surface area (Å²) in [6.45, 7) is 3.47. The number of nitrogens with one attached hydrogen (secondary N) is 2. The molecule has 0 aliphatic carbocycles. The molecule has 0 saturated carbocycles. The van der Waals surface area contributed by atoms with E-state index in [9.17, 15) is 4.79 Å². The van der Waals surface area contributed by atoms with Gasteiger partial charge in [-0.25, -0.2) is 0 Å². The molecule has 2 atom stereocenters. The van der Waals surface area contributed by atoms with Crippen molar-refractivity contribution in [1.82, 2.24) is 25.1 Å². The van der Waals surface area contributed by atoms with Gasteiger partial charge in [0.05, 0.1) is 24.4 Å². The SMILES string of the molecule is CC(NC(=O)CSc1nnc(-c2c[nH]c3ccccc23)n1CC1CCCO1)c1cccs1. The molecule has 1 amide bonds. The number of para-hydroxylation sites is 1. The average Bonchev–Trinajstić information content (AvgIpc) is 3.60. The fourth-order valence-corrected chi connectivity index (χ4v) is 5.52. The maximum Gasteiger partial charge on any atom is 0.230 e. The van der Waals surface area contributed by atoms with Crippen LogP contribution in [0.2, 0.25) is 0 Å². The fourth-order valence-electron chi connectivity index (χ4n) is 4.03. The van der Waals surface area contributed by atoms with E-state index in [0.29, 0.717) is 6.54 Å². The van der Waals surface area contributed by atoms with Gasteiger partial charge in [-0.1, -0.05) is 36.0 Å². The molecule has 1 aromatic carbocycles. The number of carbonyl (C=O) groups excluding carboxylic acids is 1. The summed E-state index contributed by atoms with van der Waals surface area (Å²) in [5, 5.41) is 15.9. The van der Waals surface area contributed by atoms with Crippen LogP contribution < -0.4 is 5.32 Å². The molecule has 1 aliphatic heterocycles. The molecule has 1 aliphatic rings. The van der Waals surface area contributed by atoms with E-state index in [1.54, 1.807) is 11.3 Å². The van der Waals surface area contributed by atoms with Gasteiger partial charge < -0.3 is 15.0 Å². The van der Waals surface area contributed by atoms with Gasteiger partial charge in [-0.15, -0.1) is 21.5 Å². The van der Waals surface area contributed by atoms with Crippen molar-refractivity contribution in [3.8, 4) is 11.4 Å². The maximum atomic E-state index is 12.6. The van der Waals surface area contributed by atoms with Crippen LogP contribution in [0.4, 0.5) is 0 Å². The zero-order chi connectivity index (χ0) is 21.9. The number of carbonyl (C=O) groups is 1. The lowest BCUT2D eigenvalue weighted by Crippen LogP contribution is -2.28. The zero-order valence-corrected chi connectivity index (χ0v) is 19.4. The number of benzene rings is 1. The minimum Gasteiger partial charge on any atom is -0.376 e. The number of amides is 1. The summed E-state index contributed by atoms with van der Waals surface area (Å²) in [6.07, 6.45) is 4.21. The first kappa shape index (κ1) is 21.2. The predicted molar refractivity (Wildman–Crippen MR) is 128 cm³/mol. The molecule has 0 bridgehead atoms. The highest BCUT2D eigenvalue weighted by Crippen LogP contribution is 2.31. The van der Waals surface area contributed by atoms with Gasteiger partial charge >= 0.3 is 0 Å². The Bertz CT molecular complexity index is 1190. The van der Waals surface area contributed by atoms with Gasteiger partial charge in [-0.3, -0.25) is 9.36 Å². The second kappa shape index (κ2) is 9.48.